The molecule has 0 aliphatic heterocycles. The summed E-state index contributed by atoms with van der Waals surface area (Å²) in [6, 6.07) is 4.73. The third-order valence-electron chi connectivity index (χ3n) is 4.07. The first-order valence-corrected chi connectivity index (χ1v) is 8.55. The highest BCUT2D eigenvalue weighted by molar-refractivity contribution is 5.68. The second-order valence-corrected chi connectivity index (χ2v) is 7.54. The van der Waals surface area contributed by atoms with E-state index in [0.717, 1.165) is 37.2 Å². The summed E-state index contributed by atoms with van der Waals surface area (Å²) in [5.41, 5.74) is -0.456. The molecule has 2 rings (SSSR count). The first kappa shape index (κ1) is 17.9. The minimum Gasteiger partial charge on any atom is -0.465 e. The highest BCUT2D eigenvalue weighted by Gasteiger charge is 2.26. The second-order valence-electron chi connectivity index (χ2n) is 7.54. The molecular formula is C18H30N2O3. The molecule has 5 heteroatoms. The SMILES string of the molecule is Cc1ccc(C(C)NC2CCCC(NC(=O)OC(C)(C)C)C2)o1. The van der Waals surface area contributed by atoms with Crippen LogP contribution in [0.1, 0.15) is 70.9 Å². The fourth-order valence-corrected chi connectivity index (χ4v) is 3.07. The Morgan fingerprint density at radius 2 is 2.00 bits per heavy atom. The largest absolute Gasteiger partial charge is 0.465 e. The van der Waals surface area contributed by atoms with Gasteiger partial charge in [-0.05, 0) is 72.4 Å². The van der Waals surface area contributed by atoms with Crippen LogP contribution in [-0.4, -0.2) is 23.8 Å². The zero-order chi connectivity index (χ0) is 17.0. The van der Waals surface area contributed by atoms with E-state index in [4.69, 9.17) is 9.15 Å². The van der Waals surface area contributed by atoms with Crippen LogP contribution in [0.5, 0.6) is 0 Å². The van der Waals surface area contributed by atoms with Crippen molar-refractivity contribution in [1.29, 1.82) is 0 Å². The van der Waals surface area contributed by atoms with E-state index in [1.54, 1.807) is 0 Å². The Morgan fingerprint density at radius 1 is 1.30 bits per heavy atom. The lowest BCUT2D eigenvalue weighted by molar-refractivity contribution is 0.0488. The van der Waals surface area contributed by atoms with Gasteiger partial charge >= 0.3 is 6.09 Å². The van der Waals surface area contributed by atoms with Gasteiger partial charge in [-0.2, -0.15) is 0 Å². The Hall–Kier alpha value is -1.49. The molecule has 23 heavy (non-hydrogen) atoms. The molecule has 0 bridgehead atoms. The maximum Gasteiger partial charge on any atom is 0.407 e. The number of nitrogens with one attached hydrogen (secondary N) is 2. The quantitative estimate of drug-likeness (QED) is 0.877. The number of amides is 1. The third kappa shape index (κ3) is 5.90. The van der Waals surface area contributed by atoms with Crippen molar-refractivity contribution in [2.24, 2.45) is 0 Å². The van der Waals surface area contributed by atoms with Gasteiger partial charge in [0.05, 0.1) is 6.04 Å². The molecule has 0 saturated heterocycles. The maximum atomic E-state index is 11.9. The van der Waals surface area contributed by atoms with Gasteiger partial charge in [0, 0.05) is 12.1 Å². The minimum absolute atomic E-state index is 0.168. The summed E-state index contributed by atoms with van der Waals surface area (Å²) < 4.78 is 11.0. The summed E-state index contributed by atoms with van der Waals surface area (Å²) in [6.45, 7) is 9.71. The average Bonchev–Trinajstić information content (AvgIpc) is 2.83. The smallest absolute Gasteiger partial charge is 0.407 e. The van der Waals surface area contributed by atoms with Crippen LogP contribution in [0.25, 0.3) is 0 Å². The fraction of sp³-hybridized carbons (Fsp3) is 0.722. The van der Waals surface area contributed by atoms with E-state index >= 15 is 0 Å². The average molecular weight is 322 g/mol. The van der Waals surface area contributed by atoms with Crippen molar-refractivity contribution in [3.05, 3.63) is 23.7 Å². The summed E-state index contributed by atoms with van der Waals surface area (Å²) in [4.78, 5) is 11.9. The molecule has 1 aromatic heterocycles. The molecular weight excluding hydrogens is 292 g/mol. The molecule has 1 aliphatic rings. The number of hydrogen-bond donors (Lipinski definition) is 2. The molecule has 0 spiro atoms. The number of hydrogen-bond acceptors (Lipinski definition) is 4. The maximum absolute atomic E-state index is 11.9. The molecule has 130 valence electrons. The van der Waals surface area contributed by atoms with E-state index in [1.165, 1.54) is 0 Å². The Bertz CT molecular complexity index is 519. The van der Waals surface area contributed by atoms with Gasteiger partial charge in [-0.15, -0.1) is 0 Å². The predicted molar refractivity (Wildman–Crippen MR) is 90.4 cm³/mol. The van der Waals surface area contributed by atoms with Crippen LogP contribution in [-0.2, 0) is 4.74 Å². The topological polar surface area (TPSA) is 63.5 Å². The zero-order valence-corrected chi connectivity index (χ0v) is 14.9. The predicted octanol–water partition coefficient (Wildman–Crippen LogP) is 4.07. The van der Waals surface area contributed by atoms with Gasteiger partial charge in [-0.25, -0.2) is 4.79 Å². The van der Waals surface area contributed by atoms with Crippen molar-refractivity contribution in [3.63, 3.8) is 0 Å². The van der Waals surface area contributed by atoms with Gasteiger partial charge in [0.2, 0.25) is 0 Å². The molecule has 1 aliphatic carbocycles. The number of aryl methyl sites for hydroxylation is 1. The number of rotatable bonds is 4. The van der Waals surface area contributed by atoms with E-state index in [0.29, 0.717) is 6.04 Å². The number of carbonyl (C=O) groups is 1. The highest BCUT2D eigenvalue weighted by atomic mass is 16.6. The van der Waals surface area contributed by atoms with Gasteiger partial charge in [-0.1, -0.05) is 0 Å². The molecule has 3 atom stereocenters. The Morgan fingerprint density at radius 3 is 2.61 bits per heavy atom. The van der Waals surface area contributed by atoms with E-state index in [-0.39, 0.29) is 18.2 Å². The number of ether oxygens (including phenoxy) is 1. The van der Waals surface area contributed by atoms with Gasteiger partial charge in [-0.3, -0.25) is 0 Å². The monoisotopic (exact) mass is 322 g/mol. The van der Waals surface area contributed by atoms with Crippen molar-refractivity contribution in [2.75, 3.05) is 0 Å². The number of carbonyl (C=O) groups excluding carboxylic acids is 1. The lowest BCUT2D eigenvalue weighted by atomic mass is 9.90. The van der Waals surface area contributed by atoms with Gasteiger partial charge in [0.15, 0.2) is 0 Å². The number of alkyl carbamates (subject to hydrolysis) is 1. The zero-order valence-electron chi connectivity index (χ0n) is 14.9. The van der Waals surface area contributed by atoms with Gasteiger partial charge in [0.25, 0.3) is 0 Å². The van der Waals surface area contributed by atoms with Crippen molar-refractivity contribution < 1.29 is 13.9 Å². The minimum atomic E-state index is -0.456. The first-order valence-electron chi connectivity index (χ1n) is 8.55. The van der Waals surface area contributed by atoms with Crippen LogP contribution in [0.3, 0.4) is 0 Å². The molecule has 1 aromatic rings. The lowest BCUT2D eigenvalue weighted by Crippen LogP contribution is -2.46. The van der Waals surface area contributed by atoms with Crippen LogP contribution >= 0.6 is 0 Å². The summed E-state index contributed by atoms with van der Waals surface area (Å²) in [5, 5.41) is 6.61. The highest BCUT2D eigenvalue weighted by Crippen LogP contribution is 2.23. The van der Waals surface area contributed by atoms with Gasteiger partial charge in [0.1, 0.15) is 17.1 Å². The Balaban J connectivity index is 1.82. The third-order valence-corrected chi connectivity index (χ3v) is 4.07. The molecule has 1 saturated carbocycles. The summed E-state index contributed by atoms with van der Waals surface area (Å²) in [6.07, 6.45) is 3.82. The molecule has 3 unspecified atom stereocenters. The van der Waals surface area contributed by atoms with Crippen molar-refractivity contribution in [2.45, 2.75) is 84.0 Å². The summed E-state index contributed by atoms with van der Waals surface area (Å²) >= 11 is 0. The molecule has 2 N–H and O–H groups in total. The Kier molecular flexibility index (Phi) is 5.74. The molecule has 1 heterocycles. The fourth-order valence-electron chi connectivity index (χ4n) is 3.07. The van der Waals surface area contributed by atoms with Crippen molar-refractivity contribution >= 4 is 6.09 Å². The van der Waals surface area contributed by atoms with Crippen LogP contribution < -0.4 is 10.6 Å². The molecule has 1 fully saturated rings. The van der Waals surface area contributed by atoms with E-state index in [2.05, 4.69) is 17.6 Å². The van der Waals surface area contributed by atoms with Crippen molar-refractivity contribution in [1.82, 2.24) is 10.6 Å². The molecule has 0 radical (unpaired) electrons. The van der Waals surface area contributed by atoms with Gasteiger partial charge < -0.3 is 19.8 Å². The van der Waals surface area contributed by atoms with Crippen molar-refractivity contribution in [3.8, 4) is 0 Å². The van der Waals surface area contributed by atoms with E-state index in [1.807, 2.05) is 39.8 Å². The Labute approximate surface area is 139 Å². The molecule has 5 nitrogen and oxygen atoms in total. The second kappa shape index (κ2) is 7.39. The summed E-state index contributed by atoms with van der Waals surface area (Å²) in [7, 11) is 0. The lowest BCUT2D eigenvalue weighted by Gasteiger charge is -2.32. The molecule has 1 amide bonds. The van der Waals surface area contributed by atoms with Crippen LogP contribution in [0.4, 0.5) is 4.79 Å². The van der Waals surface area contributed by atoms with E-state index in [9.17, 15) is 4.79 Å². The van der Waals surface area contributed by atoms with Crippen LogP contribution in [0, 0.1) is 6.92 Å². The first-order chi connectivity index (χ1) is 10.7. The van der Waals surface area contributed by atoms with Crippen LogP contribution in [0.2, 0.25) is 0 Å². The van der Waals surface area contributed by atoms with E-state index < -0.39 is 5.60 Å². The standard InChI is InChI=1S/C18H30N2O3/c1-12-9-10-16(22-12)13(2)19-14-7-6-8-15(11-14)20-17(21)23-18(3,4)5/h9-10,13-15,19H,6-8,11H2,1-5H3,(H,20,21). The number of furan rings is 1. The normalized spacial score (nSPS) is 23.3. The van der Waals surface area contributed by atoms with Crippen LogP contribution in [0.15, 0.2) is 16.5 Å². The summed E-state index contributed by atoms with van der Waals surface area (Å²) in [5.74, 6) is 1.89. The molecule has 0 aromatic carbocycles.